The molecule has 1 fully saturated rings. The number of hydrogen-bond donors (Lipinski definition) is 2. The normalized spacial score (nSPS) is 13.6. The lowest BCUT2D eigenvalue weighted by atomic mass is 10.2. The summed E-state index contributed by atoms with van der Waals surface area (Å²) in [5.41, 5.74) is 0.161. The molecular formula is C20H21N5O3. The average Bonchev–Trinajstić information content (AvgIpc) is 3.26. The molecule has 144 valence electrons. The number of para-hydroxylation sites is 1. The fourth-order valence-electron chi connectivity index (χ4n) is 3.23. The number of carbonyl (C=O) groups excluding carboxylic acids is 1. The molecule has 0 bridgehead atoms. The number of nitrogens with zero attached hydrogens (tertiary/aromatic N) is 3. The Balaban J connectivity index is 1.32. The second-order valence-electron chi connectivity index (χ2n) is 6.61. The second-order valence-corrected chi connectivity index (χ2v) is 6.61. The molecule has 3 heterocycles. The van der Waals surface area contributed by atoms with Crippen LogP contribution < -0.4 is 21.0 Å². The number of carbonyl (C=O) groups is 1. The molecule has 2 aromatic heterocycles. The van der Waals surface area contributed by atoms with Crippen molar-refractivity contribution < 1.29 is 9.21 Å². The highest BCUT2D eigenvalue weighted by Gasteiger charge is 2.14. The van der Waals surface area contributed by atoms with Crippen LogP contribution in [0.5, 0.6) is 0 Å². The number of nitrogens with one attached hydrogen (secondary N) is 2. The second kappa shape index (κ2) is 8.08. The molecule has 0 radical (unpaired) electrons. The molecule has 3 aromatic rings. The smallest absolute Gasteiger partial charge is 0.287 e. The molecule has 1 aliphatic heterocycles. The van der Waals surface area contributed by atoms with E-state index in [1.54, 1.807) is 24.3 Å². The summed E-state index contributed by atoms with van der Waals surface area (Å²) in [5.74, 6) is 1.20. The largest absolute Gasteiger partial charge is 0.451 e. The fourth-order valence-corrected chi connectivity index (χ4v) is 3.23. The van der Waals surface area contributed by atoms with Gasteiger partial charge in [0.05, 0.1) is 5.39 Å². The summed E-state index contributed by atoms with van der Waals surface area (Å²) in [5, 5.41) is 6.37. The van der Waals surface area contributed by atoms with Gasteiger partial charge in [-0.05, 0) is 25.0 Å². The van der Waals surface area contributed by atoms with Gasteiger partial charge in [-0.1, -0.05) is 12.1 Å². The molecule has 8 nitrogen and oxygen atoms in total. The Labute approximate surface area is 161 Å². The highest BCUT2D eigenvalue weighted by Crippen LogP contribution is 2.19. The Kier molecular flexibility index (Phi) is 5.18. The van der Waals surface area contributed by atoms with Crippen LogP contribution >= 0.6 is 0 Å². The zero-order valence-electron chi connectivity index (χ0n) is 15.4. The summed E-state index contributed by atoms with van der Waals surface area (Å²) >= 11 is 0. The number of aromatic nitrogens is 2. The summed E-state index contributed by atoms with van der Waals surface area (Å²) in [6.45, 7) is 2.88. The molecular weight excluding hydrogens is 358 g/mol. The topological polar surface area (TPSA) is 100 Å². The number of fused-ring (bicyclic) bond motifs is 1. The zero-order valence-corrected chi connectivity index (χ0v) is 15.4. The van der Waals surface area contributed by atoms with Crippen LogP contribution in [-0.2, 0) is 0 Å². The molecule has 1 amide bonds. The molecule has 0 aliphatic carbocycles. The van der Waals surface area contributed by atoms with Crippen LogP contribution in [0.25, 0.3) is 11.0 Å². The number of hydrogen-bond acceptors (Lipinski definition) is 7. The molecule has 1 saturated heterocycles. The van der Waals surface area contributed by atoms with Gasteiger partial charge in [0.1, 0.15) is 23.5 Å². The maximum atomic E-state index is 12.3. The van der Waals surface area contributed by atoms with Crippen molar-refractivity contribution in [2.24, 2.45) is 0 Å². The van der Waals surface area contributed by atoms with Gasteiger partial charge in [0, 0.05) is 38.3 Å². The third kappa shape index (κ3) is 3.95. The summed E-state index contributed by atoms with van der Waals surface area (Å²) in [4.78, 5) is 35.1. The van der Waals surface area contributed by atoms with Gasteiger partial charge in [-0.25, -0.2) is 9.97 Å². The monoisotopic (exact) mass is 379 g/mol. The first kappa shape index (κ1) is 18.0. The van der Waals surface area contributed by atoms with Gasteiger partial charge in [-0.2, -0.15) is 0 Å². The van der Waals surface area contributed by atoms with Crippen molar-refractivity contribution in [3.8, 4) is 0 Å². The summed E-state index contributed by atoms with van der Waals surface area (Å²) in [6, 6.07) is 9.99. The third-order valence-corrected chi connectivity index (χ3v) is 4.66. The van der Waals surface area contributed by atoms with Gasteiger partial charge >= 0.3 is 0 Å². The molecule has 0 saturated carbocycles. The first-order chi connectivity index (χ1) is 13.7. The van der Waals surface area contributed by atoms with Crippen LogP contribution in [0.15, 0.2) is 51.9 Å². The molecule has 2 N–H and O–H groups in total. The van der Waals surface area contributed by atoms with Crippen LogP contribution in [0.3, 0.4) is 0 Å². The van der Waals surface area contributed by atoms with Crippen molar-refractivity contribution in [3.05, 3.63) is 58.7 Å². The molecule has 0 unspecified atom stereocenters. The van der Waals surface area contributed by atoms with Crippen molar-refractivity contribution in [2.75, 3.05) is 36.4 Å². The lowest BCUT2D eigenvalue weighted by Crippen LogP contribution is -2.29. The molecule has 28 heavy (non-hydrogen) atoms. The Hall–Kier alpha value is -3.42. The molecule has 1 aliphatic rings. The molecule has 1 aromatic carbocycles. The first-order valence-electron chi connectivity index (χ1n) is 9.33. The van der Waals surface area contributed by atoms with Crippen LogP contribution in [0.1, 0.15) is 23.4 Å². The van der Waals surface area contributed by atoms with E-state index < -0.39 is 5.91 Å². The third-order valence-electron chi connectivity index (χ3n) is 4.66. The van der Waals surface area contributed by atoms with Crippen LogP contribution in [0, 0.1) is 0 Å². The Morgan fingerprint density at radius 2 is 1.93 bits per heavy atom. The molecule has 8 heteroatoms. The number of anilines is 2. The maximum absolute atomic E-state index is 12.3. The predicted molar refractivity (Wildman–Crippen MR) is 107 cm³/mol. The molecule has 4 rings (SSSR count). The quantitative estimate of drug-likeness (QED) is 0.632. The molecule has 0 atom stereocenters. The van der Waals surface area contributed by atoms with Crippen LogP contribution in [0.4, 0.5) is 11.6 Å². The molecule has 0 spiro atoms. The van der Waals surface area contributed by atoms with Crippen molar-refractivity contribution in [1.29, 1.82) is 0 Å². The maximum Gasteiger partial charge on any atom is 0.287 e. The minimum absolute atomic E-state index is 0.00190. The van der Waals surface area contributed by atoms with E-state index in [-0.39, 0.29) is 11.2 Å². The van der Waals surface area contributed by atoms with E-state index in [2.05, 4.69) is 25.5 Å². The van der Waals surface area contributed by atoms with Crippen molar-refractivity contribution in [2.45, 2.75) is 12.8 Å². The number of rotatable bonds is 6. The van der Waals surface area contributed by atoms with Gasteiger partial charge in [-0.3, -0.25) is 9.59 Å². The zero-order chi connectivity index (χ0) is 19.3. The average molecular weight is 379 g/mol. The van der Waals surface area contributed by atoms with E-state index in [0.29, 0.717) is 29.9 Å². The first-order valence-corrected chi connectivity index (χ1v) is 9.33. The number of amides is 1. The Bertz CT molecular complexity index is 1040. The minimum Gasteiger partial charge on any atom is -0.451 e. The van der Waals surface area contributed by atoms with E-state index in [9.17, 15) is 9.59 Å². The Morgan fingerprint density at radius 1 is 1.11 bits per heavy atom. The predicted octanol–water partition coefficient (Wildman–Crippen LogP) is 2.03. The highest BCUT2D eigenvalue weighted by atomic mass is 16.3. The summed E-state index contributed by atoms with van der Waals surface area (Å²) in [6.07, 6.45) is 3.91. The fraction of sp³-hybridized carbons (Fsp3) is 0.300. The summed E-state index contributed by atoms with van der Waals surface area (Å²) in [7, 11) is 0. The van der Waals surface area contributed by atoms with Crippen molar-refractivity contribution >= 4 is 28.5 Å². The van der Waals surface area contributed by atoms with Crippen molar-refractivity contribution in [3.63, 3.8) is 0 Å². The highest BCUT2D eigenvalue weighted by molar-refractivity contribution is 5.93. The van der Waals surface area contributed by atoms with Gasteiger partial charge in [0.15, 0.2) is 11.2 Å². The van der Waals surface area contributed by atoms with E-state index in [4.69, 9.17) is 4.42 Å². The van der Waals surface area contributed by atoms with Gasteiger partial charge in [0.2, 0.25) is 0 Å². The SMILES string of the molecule is O=C(NCCNc1cc(N2CCCC2)ncn1)c1cc(=O)c2ccccc2o1. The van der Waals surface area contributed by atoms with E-state index >= 15 is 0 Å². The van der Waals surface area contributed by atoms with Gasteiger partial charge in [0.25, 0.3) is 5.91 Å². The van der Waals surface area contributed by atoms with Crippen LogP contribution in [0.2, 0.25) is 0 Å². The van der Waals surface area contributed by atoms with Gasteiger partial charge < -0.3 is 20.0 Å². The van der Waals surface area contributed by atoms with Gasteiger partial charge in [-0.15, -0.1) is 0 Å². The standard InChI is InChI=1S/C20H21N5O3/c26-15-11-17(28-16-6-2-1-5-14(15)16)20(27)22-8-7-21-18-12-19(24-13-23-18)25-9-3-4-10-25/h1-2,5-6,11-13H,3-4,7-10H2,(H,22,27)(H,21,23,24). The summed E-state index contributed by atoms with van der Waals surface area (Å²) < 4.78 is 5.53. The lowest BCUT2D eigenvalue weighted by molar-refractivity contribution is 0.0928. The lowest BCUT2D eigenvalue weighted by Gasteiger charge is -2.16. The van der Waals surface area contributed by atoms with E-state index in [1.165, 1.54) is 25.2 Å². The van der Waals surface area contributed by atoms with Crippen LogP contribution in [-0.4, -0.2) is 42.1 Å². The minimum atomic E-state index is -0.426. The number of benzene rings is 1. The van der Waals surface area contributed by atoms with E-state index in [0.717, 1.165) is 18.9 Å². The van der Waals surface area contributed by atoms with E-state index in [1.807, 2.05) is 6.07 Å². The Morgan fingerprint density at radius 3 is 2.79 bits per heavy atom. The van der Waals surface area contributed by atoms with Crippen molar-refractivity contribution in [1.82, 2.24) is 15.3 Å².